The second kappa shape index (κ2) is 8.30. The van der Waals surface area contributed by atoms with Crippen LogP contribution in [0.5, 0.6) is 0 Å². The monoisotopic (exact) mass is 391 g/mol. The van der Waals surface area contributed by atoms with Crippen LogP contribution in [0.25, 0.3) is 0 Å². The number of aryl methyl sites for hydroxylation is 1. The van der Waals surface area contributed by atoms with Gasteiger partial charge in [0.2, 0.25) is 11.8 Å². The Kier molecular flexibility index (Phi) is 6.05. The van der Waals surface area contributed by atoms with E-state index in [9.17, 15) is 14.4 Å². The number of fused-ring (bicyclic) bond motifs is 1. The van der Waals surface area contributed by atoms with Crippen molar-refractivity contribution in [3.63, 3.8) is 0 Å². The number of carbonyl (C=O) groups is 3. The molecule has 1 aromatic rings. The van der Waals surface area contributed by atoms with Gasteiger partial charge in [-0.2, -0.15) is 0 Å². The fourth-order valence-corrected chi connectivity index (χ4v) is 4.38. The molecule has 0 bridgehead atoms. The number of likely N-dealkylation sites (tertiary alicyclic amines) is 2. The number of hydrogen-bond donors (Lipinski definition) is 1. The van der Waals surface area contributed by atoms with Crippen molar-refractivity contribution in [1.82, 2.24) is 9.80 Å². The third-order valence-corrected chi connectivity index (χ3v) is 6.21. The van der Waals surface area contributed by atoms with Gasteiger partial charge in [0.05, 0.1) is 16.6 Å². The van der Waals surface area contributed by atoms with Crippen molar-refractivity contribution in [2.24, 2.45) is 11.7 Å². The van der Waals surface area contributed by atoms with E-state index in [1.165, 1.54) is 0 Å². The molecule has 2 aliphatic rings. The summed E-state index contributed by atoms with van der Waals surface area (Å²) in [5.41, 5.74) is 6.55. The van der Waals surface area contributed by atoms with Crippen molar-refractivity contribution in [3.05, 3.63) is 34.3 Å². The highest BCUT2D eigenvalue weighted by molar-refractivity contribution is 6.34. The number of hydrogen-bond acceptors (Lipinski definition) is 3. The maximum absolute atomic E-state index is 13.0. The number of amides is 3. The van der Waals surface area contributed by atoms with Gasteiger partial charge in [0.15, 0.2) is 0 Å². The Morgan fingerprint density at radius 1 is 1.19 bits per heavy atom. The van der Waals surface area contributed by atoms with Crippen molar-refractivity contribution in [2.75, 3.05) is 19.6 Å². The van der Waals surface area contributed by atoms with E-state index in [0.29, 0.717) is 42.4 Å². The lowest BCUT2D eigenvalue weighted by Gasteiger charge is -2.38. The Morgan fingerprint density at radius 3 is 2.67 bits per heavy atom. The molecule has 0 saturated carbocycles. The van der Waals surface area contributed by atoms with Gasteiger partial charge in [0, 0.05) is 32.5 Å². The van der Waals surface area contributed by atoms with Gasteiger partial charge in [-0.1, -0.05) is 23.7 Å². The molecule has 0 spiro atoms. The normalized spacial score (nSPS) is 21.9. The van der Waals surface area contributed by atoms with Gasteiger partial charge in [0.25, 0.3) is 5.91 Å². The molecule has 2 aliphatic heterocycles. The molecule has 1 aromatic carbocycles. The number of carbonyl (C=O) groups excluding carboxylic acids is 3. The maximum atomic E-state index is 13.0. The second-order valence-corrected chi connectivity index (χ2v) is 7.88. The van der Waals surface area contributed by atoms with E-state index in [2.05, 4.69) is 0 Å². The molecule has 2 N–H and O–H groups in total. The van der Waals surface area contributed by atoms with E-state index in [4.69, 9.17) is 17.3 Å². The third-order valence-electron chi connectivity index (χ3n) is 5.71. The van der Waals surface area contributed by atoms with Gasteiger partial charge in [-0.25, -0.2) is 0 Å². The van der Waals surface area contributed by atoms with Crippen LogP contribution in [-0.4, -0.2) is 53.2 Å². The highest BCUT2D eigenvalue weighted by atomic mass is 35.5. The van der Waals surface area contributed by atoms with E-state index >= 15 is 0 Å². The Hall–Kier alpha value is -2.08. The van der Waals surface area contributed by atoms with Crippen LogP contribution >= 0.6 is 11.6 Å². The molecular weight excluding hydrogens is 366 g/mol. The average molecular weight is 392 g/mol. The smallest absolute Gasteiger partial charge is 0.255 e. The minimum atomic E-state index is -0.383. The summed E-state index contributed by atoms with van der Waals surface area (Å²) in [5.74, 6) is 0.0236. The summed E-state index contributed by atoms with van der Waals surface area (Å²) in [5, 5.41) is 0.496. The minimum absolute atomic E-state index is 0.0478. The molecule has 3 rings (SSSR count). The minimum Gasteiger partial charge on any atom is -0.370 e. The number of rotatable bonds is 5. The highest BCUT2D eigenvalue weighted by Gasteiger charge is 2.41. The Morgan fingerprint density at radius 2 is 1.93 bits per heavy atom. The van der Waals surface area contributed by atoms with Crippen molar-refractivity contribution >= 4 is 29.3 Å². The number of benzene rings is 1. The molecule has 2 heterocycles. The zero-order chi connectivity index (χ0) is 19.6. The van der Waals surface area contributed by atoms with E-state index in [0.717, 1.165) is 24.9 Å². The van der Waals surface area contributed by atoms with Crippen LogP contribution in [0.2, 0.25) is 5.02 Å². The fraction of sp³-hybridized carbons (Fsp3) is 0.550. The van der Waals surface area contributed by atoms with Crippen LogP contribution in [0.1, 0.15) is 48.0 Å². The van der Waals surface area contributed by atoms with Crippen molar-refractivity contribution in [2.45, 2.75) is 45.1 Å². The van der Waals surface area contributed by atoms with E-state index in [-0.39, 0.29) is 30.2 Å². The lowest BCUT2D eigenvalue weighted by Crippen LogP contribution is -2.51. The summed E-state index contributed by atoms with van der Waals surface area (Å²) in [6.07, 6.45) is 2.89. The van der Waals surface area contributed by atoms with Crippen LogP contribution < -0.4 is 5.73 Å². The molecule has 146 valence electrons. The van der Waals surface area contributed by atoms with E-state index < -0.39 is 0 Å². The summed E-state index contributed by atoms with van der Waals surface area (Å²) in [6.45, 7) is 3.83. The number of piperidine rings is 1. The number of nitrogens with zero attached hydrogens (tertiary/aromatic N) is 2. The molecule has 0 aromatic heterocycles. The Balaban J connectivity index is 1.67. The van der Waals surface area contributed by atoms with Crippen LogP contribution in [0, 0.1) is 12.8 Å². The fourth-order valence-electron chi connectivity index (χ4n) is 4.18. The summed E-state index contributed by atoms with van der Waals surface area (Å²) in [4.78, 5) is 40.1. The van der Waals surface area contributed by atoms with Crippen LogP contribution in [0.15, 0.2) is 18.2 Å². The summed E-state index contributed by atoms with van der Waals surface area (Å²) in [6, 6.07) is 5.53. The molecule has 2 fully saturated rings. The highest BCUT2D eigenvalue weighted by Crippen LogP contribution is 2.33. The summed E-state index contributed by atoms with van der Waals surface area (Å²) >= 11 is 6.33. The summed E-state index contributed by atoms with van der Waals surface area (Å²) in [7, 11) is 0. The van der Waals surface area contributed by atoms with Crippen LogP contribution in [-0.2, 0) is 9.59 Å². The molecule has 0 radical (unpaired) electrons. The average Bonchev–Trinajstić information content (AvgIpc) is 3.06. The largest absolute Gasteiger partial charge is 0.370 e. The standard InChI is InChI=1S/C20H26ClN3O3/c1-13-4-2-5-15(19(13)21)20(27)23-10-8-14-9-11-24(16(14)12-23)18(26)7-3-6-17(22)25/h2,4-5,14,16H,3,6-12H2,1H3,(H2,22,25)/t14-,16-/m1/s1. The predicted molar refractivity (Wildman–Crippen MR) is 103 cm³/mol. The summed E-state index contributed by atoms with van der Waals surface area (Å²) < 4.78 is 0. The molecule has 6 nitrogen and oxygen atoms in total. The first-order chi connectivity index (χ1) is 12.9. The van der Waals surface area contributed by atoms with Crippen LogP contribution in [0.4, 0.5) is 0 Å². The zero-order valence-corrected chi connectivity index (χ0v) is 16.4. The Bertz CT molecular complexity index is 752. The van der Waals surface area contributed by atoms with Gasteiger partial charge in [-0.3, -0.25) is 14.4 Å². The van der Waals surface area contributed by atoms with Gasteiger partial charge < -0.3 is 15.5 Å². The first kappa shape index (κ1) is 19.7. The molecule has 0 unspecified atom stereocenters. The lowest BCUT2D eigenvalue weighted by molar-refractivity contribution is -0.133. The Labute approximate surface area is 164 Å². The van der Waals surface area contributed by atoms with Gasteiger partial charge in [-0.05, 0) is 43.7 Å². The SMILES string of the molecule is Cc1cccc(C(=O)N2CC[C@@H]3CCN(C(=O)CCCC(N)=O)[C@@H]3C2)c1Cl. The van der Waals surface area contributed by atoms with Gasteiger partial charge >= 0.3 is 0 Å². The molecule has 27 heavy (non-hydrogen) atoms. The molecule has 2 atom stereocenters. The predicted octanol–water partition coefficient (Wildman–Crippen LogP) is 2.37. The van der Waals surface area contributed by atoms with Crippen molar-refractivity contribution < 1.29 is 14.4 Å². The molecule has 3 amide bonds. The molecule has 2 saturated heterocycles. The maximum Gasteiger partial charge on any atom is 0.255 e. The quantitative estimate of drug-likeness (QED) is 0.836. The lowest BCUT2D eigenvalue weighted by atomic mass is 9.91. The van der Waals surface area contributed by atoms with E-state index in [1.807, 2.05) is 28.9 Å². The second-order valence-electron chi connectivity index (χ2n) is 7.50. The van der Waals surface area contributed by atoms with E-state index in [1.54, 1.807) is 6.07 Å². The van der Waals surface area contributed by atoms with Gasteiger partial charge in [-0.15, -0.1) is 0 Å². The number of nitrogens with two attached hydrogens (primary N) is 1. The zero-order valence-electron chi connectivity index (χ0n) is 15.6. The van der Waals surface area contributed by atoms with Crippen molar-refractivity contribution in [3.8, 4) is 0 Å². The van der Waals surface area contributed by atoms with Gasteiger partial charge in [0.1, 0.15) is 0 Å². The van der Waals surface area contributed by atoms with Crippen LogP contribution in [0.3, 0.4) is 0 Å². The topological polar surface area (TPSA) is 83.7 Å². The molecular formula is C20H26ClN3O3. The molecule has 0 aliphatic carbocycles. The number of halogens is 1. The third kappa shape index (κ3) is 4.26. The first-order valence-electron chi connectivity index (χ1n) is 9.50. The number of primary amides is 1. The van der Waals surface area contributed by atoms with Crippen molar-refractivity contribution in [1.29, 1.82) is 0 Å². The molecule has 7 heteroatoms. The first-order valence-corrected chi connectivity index (χ1v) is 9.88.